The van der Waals surface area contributed by atoms with E-state index >= 15 is 0 Å². The first-order valence-electron chi connectivity index (χ1n) is 6.07. The molecule has 0 aliphatic heterocycles. The molecular weight excluding hydrogens is 198 g/mol. The van der Waals surface area contributed by atoms with Crippen LogP contribution in [0, 0.1) is 6.92 Å². The van der Waals surface area contributed by atoms with Crippen LogP contribution in [0.5, 0.6) is 5.75 Å². The Morgan fingerprint density at radius 2 is 2.12 bits per heavy atom. The standard InChI is InChI=1S/C14H23NO/c1-4-12(6-5-9-15)14-8-7-13(16-3)10-11(14)2/h7-8,10,12H,4-6,9,15H2,1-3H3. The Bertz CT molecular complexity index is 323. The van der Waals surface area contributed by atoms with E-state index in [4.69, 9.17) is 10.5 Å². The summed E-state index contributed by atoms with van der Waals surface area (Å²) in [5.41, 5.74) is 8.34. The maximum atomic E-state index is 5.57. The van der Waals surface area contributed by atoms with E-state index < -0.39 is 0 Å². The minimum atomic E-state index is 0.634. The van der Waals surface area contributed by atoms with E-state index in [0.717, 1.165) is 18.7 Å². The van der Waals surface area contributed by atoms with Gasteiger partial charge in [-0.1, -0.05) is 13.0 Å². The fourth-order valence-corrected chi connectivity index (χ4v) is 2.18. The molecule has 2 heteroatoms. The summed E-state index contributed by atoms with van der Waals surface area (Å²) in [6.07, 6.45) is 3.46. The van der Waals surface area contributed by atoms with Crippen molar-refractivity contribution in [2.45, 2.75) is 39.0 Å². The first-order valence-corrected chi connectivity index (χ1v) is 6.07. The summed E-state index contributed by atoms with van der Waals surface area (Å²) < 4.78 is 5.22. The van der Waals surface area contributed by atoms with Crippen LogP contribution in [0.3, 0.4) is 0 Å². The molecule has 2 nitrogen and oxygen atoms in total. The number of nitrogens with two attached hydrogens (primary N) is 1. The van der Waals surface area contributed by atoms with Gasteiger partial charge >= 0.3 is 0 Å². The largest absolute Gasteiger partial charge is 0.497 e. The maximum Gasteiger partial charge on any atom is 0.119 e. The summed E-state index contributed by atoms with van der Waals surface area (Å²) in [6, 6.07) is 6.35. The van der Waals surface area contributed by atoms with Gasteiger partial charge in [0.05, 0.1) is 7.11 Å². The summed E-state index contributed by atoms with van der Waals surface area (Å²) >= 11 is 0. The molecule has 1 atom stereocenters. The second-order valence-electron chi connectivity index (χ2n) is 4.26. The number of aryl methyl sites for hydroxylation is 1. The molecule has 0 bridgehead atoms. The third-order valence-corrected chi connectivity index (χ3v) is 3.17. The molecule has 1 aromatic rings. The van der Waals surface area contributed by atoms with Crippen molar-refractivity contribution in [1.82, 2.24) is 0 Å². The Labute approximate surface area is 98.8 Å². The van der Waals surface area contributed by atoms with Gasteiger partial charge in [0.15, 0.2) is 0 Å². The molecule has 1 aromatic carbocycles. The Hall–Kier alpha value is -1.02. The summed E-state index contributed by atoms with van der Waals surface area (Å²) in [5, 5.41) is 0. The van der Waals surface area contributed by atoms with Crippen LogP contribution in [-0.2, 0) is 0 Å². The molecule has 16 heavy (non-hydrogen) atoms. The molecule has 0 aliphatic carbocycles. The van der Waals surface area contributed by atoms with E-state index in [9.17, 15) is 0 Å². The van der Waals surface area contributed by atoms with E-state index in [1.807, 2.05) is 6.07 Å². The molecule has 0 fully saturated rings. The van der Waals surface area contributed by atoms with Crippen molar-refractivity contribution in [2.24, 2.45) is 5.73 Å². The molecule has 0 saturated carbocycles. The van der Waals surface area contributed by atoms with Crippen LogP contribution in [0.4, 0.5) is 0 Å². The molecule has 0 spiro atoms. The number of ether oxygens (including phenoxy) is 1. The van der Waals surface area contributed by atoms with Crippen molar-refractivity contribution < 1.29 is 4.74 Å². The van der Waals surface area contributed by atoms with Crippen molar-refractivity contribution in [1.29, 1.82) is 0 Å². The number of hydrogen-bond acceptors (Lipinski definition) is 2. The first-order chi connectivity index (χ1) is 7.72. The predicted octanol–water partition coefficient (Wildman–Crippen LogP) is 3.24. The zero-order chi connectivity index (χ0) is 12.0. The third kappa shape index (κ3) is 3.24. The second kappa shape index (κ2) is 6.54. The van der Waals surface area contributed by atoms with Gasteiger partial charge in [-0.2, -0.15) is 0 Å². The minimum absolute atomic E-state index is 0.634. The van der Waals surface area contributed by atoms with Crippen molar-refractivity contribution in [3.8, 4) is 5.75 Å². The van der Waals surface area contributed by atoms with Crippen molar-refractivity contribution >= 4 is 0 Å². The Morgan fingerprint density at radius 3 is 2.62 bits per heavy atom. The van der Waals surface area contributed by atoms with Gasteiger partial charge in [-0.3, -0.25) is 0 Å². The van der Waals surface area contributed by atoms with Gasteiger partial charge in [-0.05, 0) is 61.9 Å². The summed E-state index contributed by atoms with van der Waals surface area (Å²) in [4.78, 5) is 0. The molecule has 1 unspecified atom stereocenters. The van der Waals surface area contributed by atoms with E-state index in [2.05, 4.69) is 26.0 Å². The average molecular weight is 221 g/mol. The van der Waals surface area contributed by atoms with Crippen LogP contribution in [0.1, 0.15) is 43.2 Å². The van der Waals surface area contributed by atoms with Gasteiger partial charge in [0.1, 0.15) is 5.75 Å². The Morgan fingerprint density at radius 1 is 1.38 bits per heavy atom. The first kappa shape index (κ1) is 13.0. The molecule has 2 N–H and O–H groups in total. The number of methoxy groups -OCH3 is 1. The fraction of sp³-hybridized carbons (Fsp3) is 0.571. The third-order valence-electron chi connectivity index (χ3n) is 3.17. The lowest BCUT2D eigenvalue weighted by atomic mass is 9.89. The lowest BCUT2D eigenvalue weighted by Crippen LogP contribution is -2.05. The van der Waals surface area contributed by atoms with Gasteiger partial charge in [0.2, 0.25) is 0 Å². The molecule has 0 aliphatic rings. The summed E-state index contributed by atoms with van der Waals surface area (Å²) in [6.45, 7) is 5.18. The quantitative estimate of drug-likeness (QED) is 0.800. The molecule has 0 radical (unpaired) electrons. The summed E-state index contributed by atoms with van der Waals surface area (Å²) in [7, 11) is 1.71. The maximum absolute atomic E-state index is 5.57. The van der Waals surface area contributed by atoms with Gasteiger partial charge < -0.3 is 10.5 Å². The highest BCUT2D eigenvalue weighted by Gasteiger charge is 2.11. The molecule has 0 saturated heterocycles. The highest BCUT2D eigenvalue weighted by molar-refractivity contribution is 5.36. The van der Waals surface area contributed by atoms with Crippen LogP contribution >= 0.6 is 0 Å². The van der Waals surface area contributed by atoms with E-state index in [1.54, 1.807) is 7.11 Å². The van der Waals surface area contributed by atoms with Crippen LogP contribution in [0.15, 0.2) is 18.2 Å². The van der Waals surface area contributed by atoms with Crippen molar-refractivity contribution in [2.75, 3.05) is 13.7 Å². The van der Waals surface area contributed by atoms with Crippen LogP contribution in [0.25, 0.3) is 0 Å². The van der Waals surface area contributed by atoms with Crippen molar-refractivity contribution in [3.05, 3.63) is 29.3 Å². The molecule has 1 rings (SSSR count). The van der Waals surface area contributed by atoms with E-state index in [1.165, 1.54) is 24.0 Å². The zero-order valence-electron chi connectivity index (χ0n) is 10.6. The lowest BCUT2D eigenvalue weighted by molar-refractivity contribution is 0.414. The molecule has 0 amide bonds. The van der Waals surface area contributed by atoms with Crippen molar-refractivity contribution in [3.63, 3.8) is 0 Å². The minimum Gasteiger partial charge on any atom is -0.497 e. The van der Waals surface area contributed by atoms with E-state index in [-0.39, 0.29) is 0 Å². The Kier molecular flexibility index (Phi) is 5.33. The topological polar surface area (TPSA) is 35.2 Å². The van der Waals surface area contributed by atoms with Crippen LogP contribution in [-0.4, -0.2) is 13.7 Å². The van der Waals surface area contributed by atoms with Gasteiger partial charge in [-0.25, -0.2) is 0 Å². The molecule has 0 heterocycles. The van der Waals surface area contributed by atoms with Gasteiger partial charge in [0.25, 0.3) is 0 Å². The fourth-order valence-electron chi connectivity index (χ4n) is 2.18. The SMILES string of the molecule is CCC(CCCN)c1ccc(OC)cc1C. The van der Waals surface area contributed by atoms with Crippen LogP contribution in [0.2, 0.25) is 0 Å². The highest BCUT2D eigenvalue weighted by Crippen LogP contribution is 2.29. The highest BCUT2D eigenvalue weighted by atomic mass is 16.5. The summed E-state index contributed by atoms with van der Waals surface area (Å²) in [5.74, 6) is 1.57. The van der Waals surface area contributed by atoms with Gasteiger partial charge in [-0.15, -0.1) is 0 Å². The molecule has 0 aromatic heterocycles. The number of hydrogen-bond donors (Lipinski definition) is 1. The normalized spacial score (nSPS) is 12.5. The predicted molar refractivity (Wildman–Crippen MR) is 69.1 cm³/mol. The lowest BCUT2D eigenvalue weighted by Gasteiger charge is -2.18. The average Bonchev–Trinajstić information content (AvgIpc) is 2.31. The van der Waals surface area contributed by atoms with Crippen LogP contribution < -0.4 is 10.5 Å². The molecular formula is C14H23NO. The van der Waals surface area contributed by atoms with E-state index in [0.29, 0.717) is 5.92 Å². The Balaban J connectivity index is 2.83. The zero-order valence-corrected chi connectivity index (χ0v) is 10.6. The van der Waals surface area contributed by atoms with Gasteiger partial charge in [0, 0.05) is 0 Å². The smallest absolute Gasteiger partial charge is 0.119 e. The monoisotopic (exact) mass is 221 g/mol. The molecule has 90 valence electrons. The number of benzene rings is 1. The second-order valence-corrected chi connectivity index (χ2v) is 4.26. The number of rotatable bonds is 6.